The Hall–Kier alpha value is -0.990. The topological polar surface area (TPSA) is 35.5 Å². The summed E-state index contributed by atoms with van der Waals surface area (Å²) in [6.45, 7) is 12.2. The predicted molar refractivity (Wildman–Crippen MR) is 149 cm³/mol. The summed E-state index contributed by atoms with van der Waals surface area (Å²) in [5.41, 5.74) is 2.47. The summed E-state index contributed by atoms with van der Waals surface area (Å²) in [6.07, 6.45) is 23.2. The average molecular weight is 501 g/mol. The van der Waals surface area contributed by atoms with Crippen molar-refractivity contribution in [3.05, 3.63) is 11.6 Å². The molecule has 3 saturated carbocycles. The number of carbonyl (C=O) groups is 1. The molecular weight excluding hydrogens is 444 g/mol. The third kappa shape index (κ3) is 5.85. The van der Waals surface area contributed by atoms with Crippen molar-refractivity contribution in [1.29, 1.82) is 0 Å². The lowest BCUT2D eigenvalue weighted by Crippen LogP contribution is -2.50. The van der Waals surface area contributed by atoms with E-state index in [2.05, 4.69) is 40.7 Å². The number of unbranched alkanes of at least 4 members (excludes halogenated alkanes) is 5. The largest absolute Gasteiger partial charge is 0.508 e. The molecule has 4 rings (SSSR count). The van der Waals surface area contributed by atoms with Crippen LogP contribution in [-0.2, 0) is 9.47 Å². The summed E-state index contributed by atoms with van der Waals surface area (Å²) in [5, 5.41) is 0. The number of allylic oxidation sites excluding steroid dienone is 1. The van der Waals surface area contributed by atoms with E-state index >= 15 is 0 Å². The Balaban J connectivity index is 1.32. The van der Waals surface area contributed by atoms with Crippen molar-refractivity contribution in [2.75, 3.05) is 6.61 Å². The van der Waals surface area contributed by atoms with Gasteiger partial charge in [0.2, 0.25) is 0 Å². The van der Waals surface area contributed by atoms with Crippen LogP contribution in [0.3, 0.4) is 0 Å². The lowest BCUT2D eigenvalue weighted by molar-refractivity contribution is -0.0568. The van der Waals surface area contributed by atoms with Gasteiger partial charge in [-0.15, -0.1) is 0 Å². The van der Waals surface area contributed by atoms with Gasteiger partial charge in [-0.05, 0) is 91.8 Å². The van der Waals surface area contributed by atoms with Crippen LogP contribution in [0.4, 0.5) is 4.79 Å². The van der Waals surface area contributed by atoms with Crippen LogP contribution in [0, 0.1) is 40.4 Å². The normalized spacial score (nSPS) is 38.4. The zero-order chi connectivity index (χ0) is 25.8. The van der Waals surface area contributed by atoms with Crippen LogP contribution in [0.5, 0.6) is 0 Å². The van der Waals surface area contributed by atoms with Crippen molar-refractivity contribution in [2.24, 2.45) is 40.4 Å². The van der Waals surface area contributed by atoms with Gasteiger partial charge in [-0.3, -0.25) is 0 Å². The molecule has 8 unspecified atom stereocenters. The number of rotatable bonds is 11. The van der Waals surface area contributed by atoms with Crippen LogP contribution in [0.1, 0.15) is 137 Å². The first-order valence-electron chi connectivity index (χ1n) is 15.8. The van der Waals surface area contributed by atoms with Crippen LogP contribution in [-0.4, -0.2) is 18.9 Å². The maximum Gasteiger partial charge on any atom is 0.508 e. The molecule has 36 heavy (non-hydrogen) atoms. The minimum absolute atomic E-state index is 0.00708. The number of hydrogen-bond donors (Lipinski definition) is 0. The van der Waals surface area contributed by atoms with Gasteiger partial charge in [-0.1, -0.05) is 91.2 Å². The monoisotopic (exact) mass is 500 g/mol. The van der Waals surface area contributed by atoms with E-state index in [9.17, 15) is 4.79 Å². The van der Waals surface area contributed by atoms with E-state index in [1.165, 1.54) is 77.0 Å². The van der Waals surface area contributed by atoms with Crippen LogP contribution in [0.2, 0.25) is 0 Å². The van der Waals surface area contributed by atoms with Gasteiger partial charge >= 0.3 is 6.16 Å². The van der Waals surface area contributed by atoms with Crippen molar-refractivity contribution >= 4 is 6.16 Å². The van der Waals surface area contributed by atoms with E-state index in [-0.39, 0.29) is 6.10 Å². The first kappa shape index (κ1) is 28.0. The zero-order valence-electron chi connectivity index (χ0n) is 24.3. The van der Waals surface area contributed by atoms with Crippen LogP contribution in [0.25, 0.3) is 0 Å². The fourth-order valence-electron chi connectivity index (χ4n) is 8.98. The molecule has 0 spiro atoms. The highest BCUT2D eigenvalue weighted by Gasteiger charge is 2.58. The molecule has 3 nitrogen and oxygen atoms in total. The average Bonchev–Trinajstić information content (AvgIpc) is 3.21. The SMILES string of the molecule is CCCCCCCCC1CCC2C3CC=C4CC(OC(=O)OCC(C)CC)CCC4(C)C3CCC12C. The van der Waals surface area contributed by atoms with Crippen LogP contribution < -0.4 is 0 Å². The second-order valence-electron chi connectivity index (χ2n) is 13.7. The highest BCUT2D eigenvalue weighted by atomic mass is 16.7. The van der Waals surface area contributed by atoms with Gasteiger partial charge in [-0.2, -0.15) is 0 Å². The van der Waals surface area contributed by atoms with Gasteiger partial charge in [0.15, 0.2) is 0 Å². The van der Waals surface area contributed by atoms with Crippen molar-refractivity contribution in [1.82, 2.24) is 0 Å². The molecule has 4 aliphatic rings. The van der Waals surface area contributed by atoms with Crippen LogP contribution in [0.15, 0.2) is 11.6 Å². The highest BCUT2D eigenvalue weighted by Crippen LogP contribution is 2.66. The second-order valence-corrected chi connectivity index (χ2v) is 13.7. The minimum atomic E-state index is -0.464. The molecular formula is C33H56O3. The number of fused-ring (bicyclic) bond motifs is 5. The van der Waals surface area contributed by atoms with Gasteiger partial charge in [0.05, 0.1) is 6.61 Å². The summed E-state index contributed by atoms with van der Waals surface area (Å²) in [6, 6.07) is 0. The molecule has 0 saturated heterocycles. The van der Waals surface area contributed by atoms with E-state index in [0.29, 0.717) is 23.4 Å². The van der Waals surface area contributed by atoms with E-state index in [4.69, 9.17) is 9.47 Å². The Bertz CT molecular complexity index is 758. The molecule has 206 valence electrons. The van der Waals surface area contributed by atoms with Gasteiger partial charge < -0.3 is 9.47 Å². The van der Waals surface area contributed by atoms with E-state index in [0.717, 1.165) is 49.4 Å². The van der Waals surface area contributed by atoms with Crippen molar-refractivity contribution in [3.63, 3.8) is 0 Å². The Morgan fingerprint density at radius 1 is 1.00 bits per heavy atom. The Kier molecular flexibility index (Phi) is 9.54. The predicted octanol–water partition coefficient (Wildman–Crippen LogP) is 9.88. The first-order chi connectivity index (χ1) is 17.3. The fourth-order valence-corrected chi connectivity index (χ4v) is 8.98. The van der Waals surface area contributed by atoms with Gasteiger partial charge in [0, 0.05) is 6.42 Å². The van der Waals surface area contributed by atoms with Crippen molar-refractivity contribution in [2.45, 2.75) is 143 Å². The molecule has 0 aromatic heterocycles. The van der Waals surface area contributed by atoms with Gasteiger partial charge in [-0.25, -0.2) is 4.79 Å². The van der Waals surface area contributed by atoms with E-state index < -0.39 is 6.16 Å². The molecule has 0 aliphatic heterocycles. The smallest absolute Gasteiger partial charge is 0.434 e. The summed E-state index contributed by atoms with van der Waals surface area (Å²) in [5.74, 6) is 3.95. The maximum absolute atomic E-state index is 12.3. The molecule has 0 amide bonds. The molecule has 3 fully saturated rings. The number of carbonyl (C=O) groups excluding carboxylic acids is 1. The maximum atomic E-state index is 12.3. The van der Waals surface area contributed by atoms with Crippen molar-refractivity contribution in [3.8, 4) is 0 Å². The molecule has 4 aliphatic carbocycles. The lowest BCUT2D eigenvalue weighted by Gasteiger charge is -2.58. The van der Waals surface area contributed by atoms with Crippen molar-refractivity contribution < 1.29 is 14.3 Å². The standard InChI is InChI=1S/C33H56O3/c1-6-8-9-10-11-12-13-25-15-17-29-28-16-14-26-22-27(36-31(34)35-23-24(3)7-2)18-20-33(26,5)30(28)19-21-32(25,29)4/h14,24-25,27-30H,6-13,15-23H2,1-5H3. The van der Waals surface area contributed by atoms with Gasteiger partial charge in [0.1, 0.15) is 6.10 Å². The fraction of sp³-hybridized carbons (Fsp3) is 0.909. The Morgan fingerprint density at radius 3 is 2.56 bits per heavy atom. The van der Waals surface area contributed by atoms with E-state index in [1.807, 2.05) is 0 Å². The zero-order valence-corrected chi connectivity index (χ0v) is 24.3. The molecule has 0 aromatic carbocycles. The quantitative estimate of drug-likeness (QED) is 0.161. The molecule has 3 heteroatoms. The Morgan fingerprint density at radius 2 is 1.78 bits per heavy atom. The molecule has 0 radical (unpaired) electrons. The summed E-state index contributed by atoms with van der Waals surface area (Å²) in [4.78, 5) is 12.3. The Labute approximate surface area is 222 Å². The lowest BCUT2D eigenvalue weighted by atomic mass is 9.47. The number of hydrogen-bond acceptors (Lipinski definition) is 3. The third-order valence-corrected chi connectivity index (χ3v) is 11.6. The minimum Gasteiger partial charge on any atom is -0.434 e. The number of ether oxygens (including phenoxy) is 2. The summed E-state index contributed by atoms with van der Waals surface area (Å²) >= 11 is 0. The van der Waals surface area contributed by atoms with E-state index in [1.54, 1.807) is 5.57 Å². The molecule has 0 N–H and O–H groups in total. The molecule has 0 bridgehead atoms. The second kappa shape index (κ2) is 12.2. The summed E-state index contributed by atoms with van der Waals surface area (Å²) in [7, 11) is 0. The molecule has 0 heterocycles. The third-order valence-electron chi connectivity index (χ3n) is 11.6. The van der Waals surface area contributed by atoms with Crippen LogP contribution >= 0.6 is 0 Å². The first-order valence-corrected chi connectivity index (χ1v) is 15.8. The van der Waals surface area contributed by atoms with Gasteiger partial charge in [0.25, 0.3) is 0 Å². The molecule has 0 aromatic rings. The highest BCUT2D eigenvalue weighted by molar-refractivity contribution is 5.60. The molecule has 8 atom stereocenters. The summed E-state index contributed by atoms with van der Waals surface area (Å²) < 4.78 is 11.2.